The normalized spacial score (nSPS) is 17.7. The summed E-state index contributed by atoms with van der Waals surface area (Å²) in [5.74, 6) is 1.38. The highest BCUT2D eigenvalue weighted by Gasteiger charge is 2.35. The molecule has 0 amide bonds. The molecule has 4 nitrogen and oxygen atoms in total. The summed E-state index contributed by atoms with van der Waals surface area (Å²) in [6.07, 6.45) is 0.865. The Kier molecular flexibility index (Phi) is 3.66. The highest BCUT2D eigenvalue weighted by Crippen LogP contribution is 2.43. The topological polar surface area (TPSA) is 60.0 Å². The number of hydrogen-bond donors (Lipinski definition) is 1. The standard InChI is InChI=1S/C16H21N3O/c1-16(2)9-10-8-11(20-5)6-7-12(10)14(18-3)13(16)15(17)19-4/h6-8H,3,9H2,1-2,4-5H3,(H2,17,19). The zero-order chi connectivity index (χ0) is 14.9. The minimum absolute atomic E-state index is 0.139. The first-order chi connectivity index (χ1) is 9.44. The number of nitrogens with zero attached hydrogens (tertiary/aromatic N) is 2. The molecule has 2 rings (SSSR count). The first-order valence-corrected chi connectivity index (χ1v) is 6.56. The van der Waals surface area contributed by atoms with Gasteiger partial charge in [0.15, 0.2) is 0 Å². The summed E-state index contributed by atoms with van der Waals surface area (Å²) in [5, 5.41) is 0. The summed E-state index contributed by atoms with van der Waals surface area (Å²) < 4.78 is 5.30. The number of methoxy groups -OCH3 is 1. The molecule has 0 saturated heterocycles. The molecule has 0 fully saturated rings. The lowest BCUT2D eigenvalue weighted by atomic mass is 9.71. The van der Waals surface area contributed by atoms with Crippen LogP contribution in [-0.4, -0.2) is 26.7 Å². The maximum Gasteiger partial charge on any atom is 0.123 e. The highest BCUT2D eigenvalue weighted by molar-refractivity contribution is 6.06. The maximum absolute atomic E-state index is 6.08. The smallest absolute Gasteiger partial charge is 0.123 e. The Morgan fingerprint density at radius 1 is 1.40 bits per heavy atom. The third kappa shape index (κ3) is 2.22. The van der Waals surface area contributed by atoms with Crippen LogP contribution in [0.1, 0.15) is 25.0 Å². The maximum atomic E-state index is 6.08. The fourth-order valence-corrected chi connectivity index (χ4v) is 2.84. The van der Waals surface area contributed by atoms with Gasteiger partial charge in [0.05, 0.1) is 12.8 Å². The predicted molar refractivity (Wildman–Crippen MR) is 84.5 cm³/mol. The van der Waals surface area contributed by atoms with E-state index in [9.17, 15) is 0 Å². The molecule has 0 saturated carbocycles. The Morgan fingerprint density at radius 3 is 2.65 bits per heavy atom. The molecular weight excluding hydrogens is 250 g/mol. The van der Waals surface area contributed by atoms with Crippen molar-refractivity contribution < 1.29 is 4.74 Å². The Balaban J connectivity index is 2.74. The van der Waals surface area contributed by atoms with Crippen LogP contribution in [0.2, 0.25) is 0 Å². The zero-order valence-corrected chi connectivity index (χ0v) is 12.5. The predicted octanol–water partition coefficient (Wildman–Crippen LogP) is 2.68. The van der Waals surface area contributed by atoms with Crippen LogP contribution >= 0.6 is 0 Å². The molecular formula is C16H21N3O. The average molecular weight is 271 g/mol. The second-order valence-corrected chi connectivity index (χ2v) is 5.57. The quantitative estimate of drug-likeness (QED) is 0.678. The number of hydrogen-bond acceptors (Lipinski definition) is 3. The molecule has 0 spiro atoms. The first kappa shape index (κ1) is 14.3. The van der Waals surface area contributed by atoms with Crippen LogP contribution in [-0.2, 0) is 6.42 Å². The summed E-state index contributed by atoms with van der Waals surface area (Å²) in [6.45, 7) is 8.00. The van der Waals surface area contributed by atoms with Crippen molar-refractivity contribution in [1.29, 1.82) is 0 Å². The summed E-state index contributed by atoms with van der Waals surface area (Å²) in [5.41, 5.74) is 9.99. The van der Waals surface area contributed by atoms with E-state index >= 15 is 0 Å². The summed E-state index contributed by atoms with van der Waals surface area (Å²) in [7, 11) is 3.37. The van der Waals surface area contributed by atoms with E-state index in [1.165, 1.54) is 5.56 Å². The van der Waals surface area contributed by atoms with Crippen molar-refractivity contribution in [2.75, 3.05) is 14.2 Å². The molecule has 1 aliphatic carbocycles. The van der Waals surface area contributed by atoms with Gasteiger partial charge in [0.2, 0.25) is 0 Å². The summed E-state index contributed by atoms with van der Waals surface area (Å²) in [4.78, 5) is 8.36. The molecule has 1 aliphatic rings. The van der Waals surface area contributed by atoms with Crippen LogP contribution in [0.25, 0.3) is 5.70 Å². The summed E-state index contributed by atoms with van der Waals surface area (Å²) >= 11 is 0. The van der Waals surface area contributed by atoms with Gasteiger partial charge in [-0.2, -0.15) is 0 Å². The van der Waals surface area contributed by atoms with Crippen molar-refractivity contribution in [3.8, 4) is 5.75 Å². The SMILES string of the molecule is C=NC1=C(C(N)=NC)C(C)(C)Cc2cc(OC)ccc21. The van der Waals surface area contributed by atoms with Gasteiger partial charge in [0, 0.05) is 18.2 Å². The molecule has 1 aromatic rings. The fourth-order valence-electron chi connectivity index (χ4n) is 2.84. The lowest BCUT2D eigenvalue weighted by Crippen LogP contribution is -2.32. The van der Waals surface area contributed by atoms with E-state index in [0.29, 0.717) is 5.84 Å². The number of nitrogens with two attached hydrogens (primary N) is 1. The number of ether oxygens (including phenoxy) is 1. The van der Waals surface area contributed by atoms with Gasteiger partial charge in [0.25, 0.3) is 0 Å². The third-order valence-corrected chi connectivity index (χ3v) is 3.77. The van der Waals surface area contributed by atoms with Gasteiger partial charge >= 0.3 is 0 Å². The molecule has 20 heavy (non-hydrogen) atoms. The Bertz CT molecular complexity index is 612. The highest BCUT2D eigenvalue weighted by atomic mass is 16.5. The van der Waals surface area contributed by atoms with E-state index in [2.05, 4.69) is 36.6 Å². The van der Waals surface area contributed by atoms with Gasteiger partial charge in [-0.15, -0.1) is 0 Å². The largest absolute Gasteiger partial charge is 0.497 e. The van der Waals surface area contributed by atoms with Gasteiger partial charge in [0.1, 0.15) is 11.6 Å². The van der Waals surface area contributed by atoms with Gasteiger partial charge < -0.3 is 10.5 Å². The van der Waals surface area contributed by atoms with Crippen molar-refractivity contribution >= 4 is 18.3 Å². The van der Waals surface area contributed by atoms with Crippen molar-refractivity contribution in [1.82, 2.24) is 0 Å². The van der Waals surface area contributed by atoms with E-state index in [1.807, 2.05) is 12.1 Å². The van der Waals surface area contributed by atoms with Crippen molar-refractivity contribution in [3.63, 3.8) is 0 Å². The van der Waals surface area contributed by atoms with Crippen LogP contribution in [0.15, 0.2) is 33.8 Å². The molecule has 0 radical (unpaired) electrons. The third-order valence-electron chi connectivity index (χ3n) is 3.77. The molecule has 0 heterocycles. The van der Waals surface area contributed by atoms with E-state index in [1.54, 1.807) is 14.2 Å². The van der Waals surface area contributed by atoms with E-state index < -0.39 is 0 Å². The Hall–Kier alpha value is -2.10. The summed E-state index contributed by atoms with van der Waals surface area (Å²) in [6, 6.07) is 5.99. The molecule has 106 valence electrons. The molecule has 0 bridgehead atoms. The molecule has 0 unspecified atom stereocenters. The minimum Gasteiger partial charge on any atom is -0.497 e. The zero-order valence-electron chi connectivity index (χ0n) is 12.5. The second-order valence-electron chi connectivity index (χ2n) is 5.57. The van der Waals surface area contributed by atoms with Crippen LogP contribution in [0.3, 0.4) is 0 Å². The van der Waals surface area contributed by atoms with E-state index in [4.69, 9.17) is 10.5 Å². The van der Waals surface area contributed by atoms with Crippen molar-refractivity contribution in [2.24, 2.45) is 21.1 Å². The van der Waals surface area contributed by atoms with Gasteiger partial charge in [-0.25, -0.2) is 0 Å². The molecule has 0 aliphatic heterocycles. The molecule has 0 atom stereocenters. The van der Waals surface area contributed by atoms with E-state index in [-0.39, 0.29) is 5.41 Å². The number of fused-ring (bicyclic) bond motifs is 1. The van der Waals surface area contributed by atoms with Crippen LogP contribution < -0.4 is 10.5 Å². The fraction of sp³-hybridized carbons (Fsp3) is 0.375. The number of aliphatic imine (C=N–C) groups is 2. The molecule has 2 N–H and O–H groups in total. The number of amidine groups is 1. The lowest BCUT2D eigenvalue weighted by Gasteiger charge is -2.34. The van der Waals surface area contributed by atoms with Gasteiger partial charge in [-0.1, -0.05) is 13.8 Å². The van der Waals surface area contributed by atoms with Gasteiger partial charge in [-0.05, 0) is 42.3 Å². The second kappa shape index (κ2) is 5.12. The number of benzene rings is 1. The molecule has 1 aromatic carbocycles. The van der Waals surface area contributed by atoms with Gasteiger partial charge in [-0.3, -0.25) is 9.98 Å². The molecule has 4 heteroatoms. The van der Waals surface area contributed by atoms with E-state index in [0.717, 1.165) is 29.0 Å². The van der Waals surface area contributed by atoms with Crippen molar-refractivity contribution in [3.05, 3.63) is 34.9 Å². The number of rotatable bonds is 3. The average Bonchev–Trinajstić information content (AvgIpc) is 2.43. The van der Waals surface area contributed by atoms with Crippen LogP contribution in [0, 0.1) is 5.41 Å². The minimum atomic E-state index is -0.139. The monoisotopic (exact) mass is 271 g/mol. The first-order valence-electron chi connectivity index (χ1n) is 6.56. The molecule has 0 aromatic heterocycles. The lowest BCUT2D eigenvalue weighted by molar-refractivity contribution is 0.411. The van der Waals surface area contributed by atoms with Crippen LogP contribution in [0.4, 0.5) is 0 Å². The van der Waals surface area contributed by atoms with Crippen LogP contribution in [0.5, 0.6) is 5.75 Å². The Labute approximate surface area is 120 Å². The Morgan fingerprint density at radius 2 is 2.10 bits per heavy atom. The van der Waals surface area contributed by atoms with Crippen molar-refractivity contribution in [2.45, 2.75) is 20.3 Å².